The van der Waals surface area contributed by atoms with E-state index in [1.54, 1.807) is 26.5 Å². The predicted octanol–water partition coefficient (Wildman–Crippen LogP) is 6.00. The highest BCUT2D eigenvalue weighted by Gasteiger charge is 2.31. The molecular formula is C28H30F3N5O2S. The molecule has 0 spiro atoms. The van der Waals surface area contributed by atoms with Crippen LogP contribution in [-0.2, 0) is 17.7 Å². The van der Waals surface area contributed by atoms with Crippen molar-refractivity contribution >= 4 is 27.4 Å². The molecule has 39 heavy (non-hydrogen) atoms. The van der Waals surface area contributed by atoms with E-state index in [2.05, 4.69) is 49.9 Å². The first-order valence-corrected chi connectivity index (χ1v) is 13.5. The first-order valence-electron chi connectivity index (χ1n) is 12.7. The molecule has 0 saturated heterocycles. The Morgan fingerprint density at radius 3 is 2.51 bits per heavy atom. The zero-order valence-corrected chi connectivity index (χ0v) is 22.5. The lowest BCUT2D eigenvalue weighted by molar-refractivity contribution is -0.126. The highest BCUT2D eigenvalue weighted by Crippen LogP contribution is 2.34. The van der Waals surface area contributed by atoms with Crippen molar-refractivity contribution < 1.29 is 22.6 Å². The lowest BCUT2D eigenvalue weighted by Crippen LogP contribution is -2.44. The molecule has 0 aliphatic heterocycles. The predicted molar refractivity (Wildman–Crippen MR) is 146 cm³/mol. The summed E-state index contributed by atoms with van der Waals surface area (Å²) < 4.78 is 49.7. The largest absolute Gasteiger partial charge is 0.495 e. The van der Waals surface area contributed by atoms with Crippen molar-refractivity contribution in [1.29, 1.82) is 0 Å². The number of aromatic nitrogens is 3. The van der Waals surface area contributed by atoms with Crippen molar-refractivity contribution in [3.63, 3.8) is 0 Å². The van der Waals surface area contributed by atoms with Gasteiger partial charge in [-0.1, -0.05) is 24.3 Å². The van der Waals surface area contributed by atoms with Crippen molar-refractivity contribution in [3.05, 3.63) is 65.6 Å². The summed E-state index contributed by atoms with van der Waals surface area (Å²) in [5.41, 5.74) is 3.22. The average molecular weight is 558 g/mol. The third kappa shape index (κ3) is 7.03. The second-order valence-corrected chi connectivity index (χ2v) is 10.9. The summed E-state index contributed by atoms with van der Waals surface area (Å²) in [7, 11) is 3.33. The zero-order chi connectivity index (χ0) is 27.4. The van der Waals surface area contributed by atoms with Crippen molar-refractivity contribution in [2.24, 2.45) is 0 Å². The molecule has 1 saturated carbocycles. The Balaban J connectivity index is 1.23. The molecule has 3 aromatic heterocycles. The summed E-state index contributed by atoms with van der Waals surface area (Å²) >= 11 is 1.06. The normalized spacial score (nSPS) is 19.8. The molecule has 0 unspecified atom stereocenters. The van der Waals surface area contributed by atoms with Crippen LogP contribution in [0.15, 0.2) is 55.1 Å². The first kappa shape index (κ1) is 27.3. The summed E-state index contributed by atoms with van der Waals surface area (Å²) in [5.74, 6) is 1.28. The zero-order valence-electron chi connectivity index (χ0n) is 21.7. The van der Waals surface area contributed by atoms with Gasteiger partial charge in [0, 0.05) is 42.4 Å². The van der Waals surface area contributed by atoms with Gasteiger partial charge in [0.2, 0.25) is 0 Å². The fourth-order valence-corrected chi connectivity index (χ4v) is 6.03. The summed E-state index contributed by atoms with van der Waals surface area (Å²) in [4.78, 5) is 13.5. The quantitative estimate of drug-likeness (QED) is 0.261. The number of hydrogen-bond donors (Lipinski definition) is 2. The van der Waals surface area contributed by atoms with Crippen LogP contribution in [0.1, 0.15) is 29.7 Å². The molecule has 1 aromatic carbocycles. The maximum absolute atomic E-state index is 12.9. The molecule has 1 aliphatic carbocycles. The van der Waals surface area contributed by atoms with Crippen LogP contribution >= 0.6 is 11.3 Å². The molecule has 7 nitrogen and oxygen atoms in total. The second kappa shape index (κ2) is 11.8. The van der Waals surface area contributed by atoms with Crippen LogP contribution in [-0.4, -0.2) is 53.5 Å². The van der Waals surface area contributed by atoms with Crippen LogP contribution in [0.4, 0.5) is 19.0 Å². The number of hydrogen-bond acceptors (Lipinski definition) is 8. The fraction of sp³-hybridized carbons (Fsp3) is 0.393. The molecule has 11 heteroatoms. The van der Waals surface area contributed by atoms with Gasteiger partial charge in [-0.25, -0.2) is 9.97 Å². The first-order chi connectivity index (χ1) is 18.8. The molecule has 206 valence electrons. The highest BCUT2D eigenvalue weighted by molar-refractivity contribution is 7.18. The van der Waals surface area contributed by atoms with E-state index in [4.69, 9.17) is 9.47 Å². The number of nitrogens with one attached hydrogen (secondary N) is 2. The number of pyridine rings is 1. The van der Waals surface area contributed by atoms with E-state index >= 15 is 0 Å². The minimum absolute atomic E-state index is 0.0493. The maximum atomic E-state index is 12.9. The van der Waals surface area contributed by atoms with E-state index in [0.29, 0.717) is 22.6 Å². The van der Waals surface area contributed by atoms with Crippen molar-refractivity contribution in [2.75, 3.05) is 19.5 Å². The number of thiophene rings is 1. The molecule has 1 fully saturated rings. The van der Waals surface area contributed by atoms with E-state index in [1.807, 2.05) is 12.3 Å². The topological polar surface area (TPSA) is 81.2 Å². The van der Waals surface area contributed by atoms with Gasteiger partial charge in [0.25, 0.3) is 0 Å². The molecular weight excluding hydrogens is 527 g/mol. The average Bonchev–Trinajstić information content (AvgIpc) is 3.34. The summed E-state index contributed by atoms with van der Waals surface area (Å²) in [6.45, 7) is 0.702. The monoisotopic (exact) mass is 557 g/mol. The van der Waals surface area contributed by atoms with Crippen molar-refractivity contribution in [1.82, 2.24) is 20.3 Å². The van der Waals surface area contributed by atoms with Crippen molar-refractivity contribution in [2.45, 2.75) is 56.6 Å². The Hall–Kier alpha value is -3.28. The highest BCUT2D eigenvalue weighted by atomic mass is 32.1. The Morgan fingerprint density at radius 1 is 0.974 bits per heavy atom. The second-order valence-electron chi connectivity index (χ2n) is 9.74. The molecule has 3 atom stereocenters. The number of nitrogens with zero attached hydrogens (tertiary/aromatic N) is 3. The van der Waals surface area contributed by atoms with Crippen LogP contribution in [0.5, 0.6) is 5.75 Å². The van der Waals surface area contributed by atoms with Gasteiger partial charge >= 0.3 is 6.18 Å². The Kier molecular flexibility index (Phi) is 8.29. The van der Waals surface area contributed by atoms with Gasteiger partial charge < -0.3 is 20.1 Å². The minimum atomic E-state index is -4.26. The molecule has 1 aliphatic rings. The summed E-state index contributed by atoms with van der Waals surface area (Å²) in [6, 6.07) is 12.1. The molecule has 0 amide bonds. The van der Waals surface area contributed by atoms with Gasteiger partial charge in [0.1, 0.15) is 22.7 Å². The van der Waals surface area contributed by atoms with Crippen LogP contribution in [0, 0.1) is 0 Å². The number of benzene rings is 1. The summed E-state index contributed by atoms with van der Waals surface area (Å²) in [5, 5.41) is 7.74. The van der Waals surface area contributed by atoms with Gasteiger partial charge in [0.15, 0.2) is 0 Å². The van der Waals surface area contributed by atoms with E-state index in [0.717, 1.165) is 53.0 Å². The SMILES string of the molecule is COc1cncc(-c2ccc(CN[C@H]3C[C@@H](Nc4ncnc5sc(CC(F)(F)F)cc45)C[C@@H](OC)C3)cc2)c1. The number of fused-ring (bicyclic) bond motifs is 1. The van der Waals surface area contributed by atoms with E-state index in [9.17, 15) is 13.2 Å². The van der Waals surface area contributed by atoms with Gasteiger partial charge in [-0.05, 0) is 42.5 Å². The standard InChI is InChI=1S/C28H30F3N5O2S/c1-37-22-9-20(33-13-17-3-5-18(6-4-17)19-7-23(38-2)15-32-14-19)8-21(10-22)36-26-25-11-24(12-28(29,30)31)39-27(25)35-16-34-26/h3-7,11,14-16,20-22,33H,8-10,12-13H2,1-2H3,(H,34,35,36)/t20-,21+,22-/m0/s1. The third-order valence-electron chi connectivity index (χ3n) is 6.92. The summed E-state index contributed by atoms with van der Waals surface area (Å²) in [6.07, 6.45) is 2.20. The van der Waals surface area contributed by atoms with E-state index in [1.165, 1.54) is 6.33 Å². The van der Waals surface area contributed by atoms with Crippen molar-refractivity contribution in [3.8, 4) is 16.9 Å². The Morgan fingerprint density at radius 2 is 1.77 bits per heavy atom. The fourth-order valence-electron chi connectivity index (χ4n) is 5.01. The number of anilines is 1. The molecule has 0 radical (unpaired) electrons. The van der Waals surface area contributed by atoms with Gasteiger partial charge in [0.05, 0.1) is 31.2 Å². The lowest BCUT2D eigenvalue weighted by atomic mass is 9.88. The number of alkyl halides is 3. The van der Waals surface area contributed by atoms with Crippen LogP contribution in [0.3, 0.4) is 0 Å². The molecule has 3 heterocycles. The number of methoxy groups -OCH3 is 2. The number of rotatable bonds is 9. The van der Waals surface area contributed by atoms with Crippen LogP contribution in [0.25, 0.3) is 21.3 Å². The van der Waals surface area contributed by atoms with Crippen LogP contribution in [0.2, 0.25) is 0 Å². The van der Waals surface area contributed by atoms with Crippen LogP contribution < -0.4 is 15.4 Å². The third-order valence-corrected chi connectivity index (χ3v) is 7.97. The Bertz CT molecular complexity index is 1400. The number of halogens is 3. The lowest BCUT2D eigenvalue weighted by Gasteiger charge is -2.35. The molecule has 0 bridgehead atoms. The van der Waals surface area contributed by atoms with Gasteiger partial charge in [-0.3, -0.25) is 4.98 Å². The Labute approximate surface area is 228 Å². The van der Waals surface area contributed by atoms with Gasteiger partial charge in [-0.15, -0.1) is 11.3 Å². The van der Waals surface area contributed by atoms with Gasteiger partial charge in [-0.2, -0.15) is 13.2 Å². The van der Waals surface area contributed by atoms with E-state index < -0.39 is 12.6 Å². The molecule has 2 N–H and O–H groups in total. The molecule has 5 rings (SSSR count). The maximum Gasteiger partial charge on any atom is 0.393 e. The minimum Gasteiger partial charge on any atom is -0.495 e. The number of ether oxygens (including phenoxy) is 2. The molecule has 4 aromatic rings. The van der Waals surface area contributed by atoms with E-state index in [-0.39, 0.29) is 23.1 Å². The smallest absolute Gasteiger partial charge is 0.393 e.